The highest BCUT2D eigenvalue weighted by Crippen LogP contribution is 2.44. The molecule has 0 aromatic rings. The maximum absolute atomic E-state index is 13.6. The van der Waals surface area contributed by atoms with Crippen molar-refractivity contribution in [3.8, 4) is 0 Å². The molecule has 0 aliphatic carbocycles. The summed E-state index contributed by atoms with van der Waals surface area (Å²) in [5.41, 5.74) is 4.95. The van der Waals surface area contributed by atoms with Gasteiger partial charge in [-0.15, -0.1) is 0 Å². The minimum atomic E-state index is -0.991. The smallest absolute Gasteiger partial charge is 0.285 e. The maximum atomic E-state index is 13.6. The molecule has 3 rings (SSSR count). The third-order valence-corrected chi connectivity index (χ3v) is 7.49. The number of fused-ring (bicyclic) bond motifs is 3. The number of rotatable bonds is 2. The number of hydrogen-bond acceptors (Lipinski definition) is 5. The molecule has 0 saturated carbocycles. The molecule has 0 radical (unpaired) electrons. The molecule has 0 spiro atoms. The Bertz CT molecular complexity index is 790. The molecule has 3 aliphatic rings. The van der Waals surface area contributed by atoms with Crippen LogP contribution in [0, 0.1) is 17.8 Å². The van der Waals surface area contributed by atoms with Gasteiger partial charge in [0.25, 0.3) is 5.91 Å². The van der Waals surface area contributed by atoms with Gasteiger partial charge in [0.2, 0.25) is 11.7 Å². The number of ether oxygens (including phenoxy) is 1. The topological polar surface area (TPSA) is 107 Å². The molecule has 0 aromatic carbocycles. The first-order chi connectivity index (χ1) is 15.6. The Kier molecular flexibility index (Phi) is 8.48. The molecule has 2 fully saturated rings. The van der Waals surface area contributed by atoms with E-state index >= 15 is 0 Å². The van der Waals surface area contributed by atoms with Gasteiger partial charge in [0.05, 0.1) is 17.7 Å². The van der Waals surface area contributed by atoms with Crippen molar-refractivity contribution in [3.63, 3.8) is 0 Å². The summed E-state index contributed by atoms with van der Waals surface area (Å²) in [5, 5.41) is 0. The standard InChI is InChI=1S/C26H40N2O5/c1-17-12-10-8-6-4-5-7-9-11-13-18(23(30)24(27)31)14-20(29)22-19-15-26(2,3)33-21(19)16-28(22)25(17)32/h4-5,17-19,21-22H,6-16H2,1-3H3,(H2,27,31)/b5-4+/t17-,18+,19-,21?,22-/m0/s1. The molecule has 2 amide bonds. The Morgan fingerprint density at radius 2 is 1.70 bits per heavy atom. The van der Waals surface area contributed by atoms with Crippen LogP contribution in [0.25, 0.3) is 0 Å². The van der Waals surface area contributed by atoms with Crippen molar-refractivity contribution in [1.29, 1.82) is 0 Å². The SMILES string of the molecule is C[C@H]1CCCC/C=C/CCCC[C@@H](C(=O)C(N)=O)CC(=O)[C@@H]2[C@H]3CC(C)(C)OC3CN2C1=O. The highest BCUT2D eigenvalue weighted by Gasteiger charge is 2.55. The van der Waals surface area contributed by atoms with E-state index in [2.05, 4.69) is 12.2 Å². The number of carbonyl (C=O) groups is 4. The minimum absolute atomic E-state index is 0.0122. The van der Waals surface area contributed by atoms with Crippen molar-refractivity contribution in [3.05, 3.63) is 12.2 Å². The Balaban J connectivity index is 1.86. The number of nitrogens with two attached hydrogens (primary N) is 1. The number of hydrogen-bond donors (Lipinski definition) is 1. The van der Waals surface area contributed by atoms with Crippen molar-refractivity contribution in [2.45, 2.75) is 103 Å². The lowest BCUT2D eigenvalue weighted by molar-refractivity contribution is -0.144. The Morgan fingerprint density at radius 3 is 2.33 bits per heavy atom. The zero-order valence-electron chi connectivity index (χ0n) is 20.4. The molecule has 2 N–H and O–H groups in total. The highest BCUT2D eigenvalue weighted by molar-refractivity contribution is 6.36. The molecular formula is C26H40N2O5. The van der Waals surface area contributed by atoms with Gasteiger partial charge < -0.3 is 15.4 Å². The second-order valence-electron chi connectivity index (χ2n) is 10.8. The van der Waals surface area contributed by atoms with Gasteiger partial charge in [0, 0.05) is 30.7 Å². The van der Waals surface area contributed by atoms with Crippen molar-refractivity contribution in [2.24, 2.45) is 23.5 Å². The van der Waals surface area contributed by atoms with E-state index in [9.17, 15) is 19.2 Å². The predicted molar refractivity (Wildman–Crippen MR) is 125 cm³/mol. The summed E-state index contributed by atoms with van der Waals surface area (Å²) in [6.07, 6.45) is 11.6. The van der Waals surface area contributed by atoms with Crippen molar-refractivity contribution in [2.75, 3.05) is 6.54 Å². The first-order valence-electron chi connectivity index (χ1n) is 12.6. The second kappa shape index (κ2) is 10.9. The summed E-state index contributed by atoms with van der Waals surface area (Å²) in [4.78, 5) is 52.9. The fourth-order valence-corrected chi connectivity index (χ4v) is 5.81. The van der Waals surface area contributed by atoms with Crippen LogP contribution in [0.3, 0.4) is 0 Å². The summed E-state index contributed by atoms with van der Waals surface area (Å²) >= 11 is 0. The molecule has 1 unspecified atom stereocenters. The lowest BCUT2D eigenvalue weighted by atomic mass is 9.83. The first kappa shape index (κ1) is 25.6. The number of nitrogens with zero attached hydrogens (tertiary/aromatic N) is 1. The van der Waals surface area contributed by atoms with Crippen LogP contribution in [0.5, 0.6) is 0 Å². The molecule has 2 saturated heterocycles. The van der Waals surface area contributed by atoms with Gasteiger partial charge in [-0.25, -0.2) is 0 Å². The Hall–Kier alpha value is -2.02. The molecule has 7 heteroatoms. The third-order valence-electron chi connectivity index (χ3n) is 7.49. The number of primary amides is 1. The molecule has 5 atom stereocenters. The van der Waals surface area contributed by atoms with Crippen molar-refractivity contribution >= 4 is 23.4 Å². The summed E-state index contributed by atoms with van der Waals surface area (Å²) in [6.45, 7) is 6.37. The molecule has 0 bridgehead atoms. The lowest BCUT2D eigenvalue weighted by Gasteiger charge is -2.31. The van der Waals surface area contributed by atoms with Crippen LogP contribution in [0.15, 0.2) is 12.2 Å². The van der Waals surface area contributed by atoms with E-state index in [1.54, 1.807) is 4.90 Å². The van der Waals surface area contributed by atoms with Gasteiger partial charge in [-0.1, -0.05) is 31.9 Å². The zero-order valence-corrected chi connectivity index (χ0v) is 20.4. The predicted octanol–water partition coefficient (Wildman–Crippen LogP) is 3.34. The van der Waals surface area contributed by atoms with Crippen molar-refractivity contribution in [1.82, 2.24) is 4.90 Å². The largest absolute Gasteiger partial charge is 0.370 e. The normalized spacial score (nSPS) is 34.9. The molecule has 0 aromatic heterocycles. The van der Waals surface area contributed by atoms with Gasteiger partial charge in [0.15, 0.2) is 5.78 Å². The third kappa shape index (κ3) is 6.31. The van der Waals surface area contributed by atoms with Crippen LogP contribution in [-0.4, -0.2) is 52.6 Å². The fourth-order valence-electron chi connectivity index (χ4n) is 5.81. The second-order valence-corrected chi connectivity index (χ2v) is 10.8. The molecule has 184 valence electrons. The van der Waals surface area contributed by atoms with E-state index < -0.39 is 23.7 Å². The first-order valence-corrected chi connectivity index (χ1v) is 12.6. The van der Waals surface area contributed by atoms with Crippen molar-refractivity contribution < 1.29 is 23.9 Å². The molecule has 7 nitrogen and oxygen atoms in total. The van der Waals surface area contributed by atoms with E-state index in [-0.39, 0.29) is 41.7 Å². The molecule has 3 heterocycles. The van der Waals surface area contributed by atoms with E-state index in [1.165, 1.54) is 0 Å². The molecular weight excluding hydrogens is 420 g/mol. The van der Waals surface area contributed by atoms with Crippen LogP contribution in [-0.2, 0) is 23.9 Å². The quantitative estimate of drug-likeness (QED) is 0.502. The molecule has 33 heavy (non-hydrogen) atoms. The average molecular weight is 461 g/mol. The maximum Gasteiger partial charge on any atom is 0.285 e. The number of allylic oxidation sites excluding steroid dienone is 2. The summed E-state index contributed by atoms with van der Waals surface area (Å²) in [7, 11) is 0. The summed E-state index contributed by atoms with van der Waals surface area (Å²) < 4.78 is 6.19. The van der Waals surface area contributed by atoms with Crippen LogP contribution >= 0.6 is 0 Å². The van der Waals surface area contributed by atoms with Gasteiger partial charge in [0.1, 0.15) is 0 Å². The van der Waals surface area contributed by atoms with E-state index in [1.807, 2.05) is 20.8 Å². The highest BCUT2D eigenvalue weighted by atomic mass is 16.5. The fraction of sp³-hybridized carbons (Fsp3) is 0.769. The Labute approximate surface area is 197 Å². The molecule has 3 aliphatic heterocycles. The van der Waals surface area contributed by atoms with Gasteiger partial charge in [-0.3, -0.25) is 19.2 Å². The van der Waals surface area contributed by atoms with E-state index in [4.69, 9.17) is 10.5 Å². The number of carbonyl (C=O) groups excluding carboxylic acids is 4. The van der Waals surface area contributed by atoms with Gasteiger partial charge in [-0.2, -0.15) is 0 Å². The minimum Gasteiger partial charge on any atom is -0.370 e. The zero-order chi connectivity index (χ0) is 24.2. The van der Waals surface area contributed by atoms with Crippen LogP contribution in [0.4, 0.5) is 0 Å². The summed E-state index contributed by atoms with van der Waals surface area (Å²) in [5.74, 6) is -2.81. The van der Waals surface area contributed by atoms with E-state index in [0.717, 1.165) is 44.9 Å². The van der Waals surface area contributed by atoms with Gasteiger partial charge >= 0.3 is 0 Å². The lowest BCUT2D eigenvalue weighted by Crippen LogP contribution is -2.47. The van der Waals surface area contributed by atoms with Crippen LogP contribution < -0.4 is 5.73 Å². The monoisotopic (exact) mass is 460 g/mol. The number of amides is 2. The summed E-state index contributed by atoms with van der Waals surface area (Å²) in [6, 6.07) is -0.604. The van der Waals surface area contributed by atoms with Crippen LogP contribution in [0.2, 0.25) is 0 Å². The van der Waals surface area contributed by atoms with Crippen LogP contribution in [0.1, 0.15) is 85.0 Å². The number of Topliss-reactive ketones (excluding diaryl/α,β-unsaturated/α-hetero) is 2. The Morgan fingerprint density at radius 1 is 1.06 bits per heavy atom. The average Bonchev–Trinajstić information content (AvgIpc) is 3.23. The van der Waals surface area contributed by atoms with E-state index in [0.29, 0.717) is 19.4 Å². The van der Waals surface area contributed by atoms with Gasteiger partial charge in [-0.05, 0) is 58.8 Å². The number of ketones is 2.